The summed E-state index contributed by atoms with van der Waals surface area (Å²) in [4.78, 5) is 63.3. The lowest BCUT2D eigenvalue weighted by atomic mass is 10.1. The normalized spacial score (nSPS) is 14.4. The first-order valence-electron chi connectivity index (χ1n) is 12.5. The lowest BCUT2D eigenvalue weighted by Crippen LogP contribution is -2.27. The summed E-state index contributed by atoms with van der Waals surface area (Å²) in [6, 6.07) is 18.7. The molecule has 0 unspecified atom stereocenters. The molecule has 10 nitrogen and oxygen atoms in total. The molecule has 0 spiro atoms. The van der Waals surface area contributed by atoms with Crippen LogP contribution in [0.5, 0.6) is 11.5 Å². The van der Waals surface area contributed by atoms with Crippen molar-refractivity contribution in [3.63, 3.8) is 0 Å². The number of carbonyl (C=O) groups is 5. The monoisotopic (exact) mass is 545 g/mol. The van der Waals surface area contributed by atoms with Gasteiger partial charge in [-0.05, 0) is 73.7 Å². The number of ketones is 1. The number of Topliss-reactive ketones (excluding diaryl/α,β-unsaturated/α-hetero) is 1. The largest absolute Gasteiger partial charge is 0.497 e. The van der Waals surface area contributed by atoms with Crippen LogP contribution in [0.15, 0.2) is 72.8 Å². The maximum Gasteiger partial charge on any atom is 0.343 e. The molecule has 3 aromatic rings. The van der Waals surface area contributed by atoms with Crippen LogP contribution in [-0.4, -0.2) is 56.5 Å². The lowest BCUT2D eigenvalue weighted by Gasteiger charge is -2.17. The highest BCUT2D eigenvalue weighted by molar-refractivity contribution is 6.01. The zero-order valence-electron chi connectivity index (χ0n) is 22.0. The van der Waals surface area contributed by atoms with E-state index in [1.807, 2.05) is 0 Å². The molecule has 1 amide bonds. The summed E-state index contributed by atoms with van der Waals surface area (Å²) >= 11 is 0. The van der Waals surface area contributed by atoms with Gasteiger partial charge in [0.15, 0.2) is 12.4 Å². The first-order valence-corrected chi connectivity index (χ1v) is 12.5. The molecule has 0 bridgehead atoms. The molecule has 3 aromatic carbocycles. The Bertz CT molecular complexity index is 1410. The van der Waals surface area contributed by atoms with Gasteiger partial charge < -0.3 is 23.8 Å². The third-order valence-corrected chi connectivity index (χ3v) is 6.19. The number of carbonyl (C=O) groups excluding carboxylic acids is 5. The number of rotatable bonds is 10. The fourth-order valence-corrected chi connectivity index (χ4v) is 4.07. The van der Waals surface area contributed by atoms with Gasteiger partial charge >= 0.3 is 17.9 Å². The van der Waals surface area contributed by atoms with Crippen molar-refractivity contribution >= 4 is 35.3 Å². The van der Waals surface area contributed by atoms with Crippen LogP contribution >= 0.6 is 0 Å². The van der Waals surface area contributed by atoms with Crippen molar-refractivity contribution in [2.24, 2.45) is 5.92 Å². The van der Waals surface area contributed by atoms with Gasteiger partial charge in [0.1, 0.15) is 11.5 Å². The number of nitrogens with zero attached hydrogens (tertiary/aromatic N) is 1. The zero-order valence-corrected chi connectivity index (χ0v) is 22.0. The topological polar surface area (TPSA) is 126 Å². The van der Waals surface area contributed by atoms with Gasteiger partial charge in [0.05, 0.1) is 30.8 Å². The van der Waals surface area contributed by atoms with Crippen molar-refractivity contribution in [2.45, 2.75) is 13.3 Å². The van der Waals surface area contributed by atoms with E-state index >= 15 is 0 Å². The van der Waals surface area contributed by atoms with Gasteiger partial charge in [-0.3, -0.25) is 14.4 Å². The number of anilines is 1. The molecule has 1 saturated heterocycles. The summed E-state index contributed by atoms with van der Waals surface area (Å²) in [5.74, 6) is -2.39. The van der Waals surface area contributed by atoms with Crippen molar-refractivity contribution in [3.05, 3.63) is 89.5 Å². The molecular formula is C30H27NO9. The van der Waals surface area contributed by atoms with Gasteiger partial charge in [-0.1, -0.05) is 6.07 Å². The van der Waals surface area contributed by atoms with E-state index in [9.17, 15) is 24.0 Å². The minimum absolute atomic E-state index is 0.0556. The predicted molar refractivity (Wildman–Crippen MR) is 143 cm³/mol. The van der Waals surface area contributed by atoms with E-state index in [0.29, 0.717) is 22.6 Å². The van der Waals surface area contributed by atoms with Crippen LogP contribution < -0.4 is 14.4 Å². The molecule has 0 aliphatic carbocycles. The summed E-state index contributed by atoms with van der Waals surface area (Å²) in [5, 5.41) is 0. The van der Waals surface area contributed by atoms with Crippen LogP contribution in [-0.2, 0) is 19.1 Å². The average Bonchev–Trinajstić information content (AvgIpc) is 3.37. The van der Waals surface area contributed by atoms with Gasteiger partial charge in [-0.25, -0.2) is 9.59 Å². The van der Waals surface area contributed by atoms with Crippen molar-refractivity contribution in [1.29, 1.82) is 0 Å². The van der Waals surface area contributed by atoms with Crippen LogP contribution in [0.25, 0.3) is 0 Å². The summed E-state index contributed by atoms with van der Waals surface area (Å²) < 4.78 is 20.6. The third-order valence-electron chi connectivity index (χ3n) is 6.19. The second-order valence-electron chi connectivity index (χ2n) is 8.85. The van der Waals surface area contributed by atoms with Crippen molar-refractivity contribution in [2.75, 3.05) is 31.8 Å². The first-order chi connectivity index (χ1) is 19.3. The zero-order chi connectivity index (χ0) is 28.6. The number of ether oxygens (including phenoxy) is 4. The fourth-order valence-electron chi connectivity index (χ4n) is 4.07. The lowest BCUT2D eigenvalue weighted by molar-refractivity contribution is -0.147. The highest BCUT2D eigenvalue weighted by atomic mass is 16.5. The van der Waals surface area contributed by atoms with Crippen LogP contribution in [0.4, 0.5) is 5.69 Å². The molecule has 0 radical (unpaired) electrons. The van der Waals surface area contributed by atoms with Crippen LogP contribution in [0.3, 0.4) is 0 Å². The minimum Gasteiger partial charge on any atom is -0.497 e. The van der Waals surface area contributed by atoms with Gasteiger partial charge in [0, 0.05) is 24.2 Å². The Morgan fingerprint density at radius 2 is 1.52 bits per heavy atom. The second-order valence-corrected chi connectivity index (χ2v) is 8.85. The summed E-state index contributed by atoms with van der Waals surface area (Å²) in [6.45, 7) is 1.56. The highest BCUT2D eigenvalue weighted by Crippen LogP contribution is 2.26. The molecule has 10 heteroatoms. The van der Waals surface area contributed by atoms with Crippen molar-refractivity contribution in [1.82, 2.24) is 0 Å². The maximum absolute atomic E-state index is 12.6. The van der Waals surface area contributed by atoms with Gasteiger partial charge in [0.25, 0.3) is 0 Å². The standard InChI is InChI=1S/C30H27NO9/c1-3-38-28(34)20-7-11-23(12-8-20)31-17-22(16-27(31)33)29(35)39-18-26(32)19-9-13-24(14-10-19)40-30(36)21-5-4-6-25(15-21)37-2/h4-15,22H,3,16-18H2,1-2H3/t22-/m0/s1. The highest BCUT2D eigenvalue weighted by Gasteiger charge is 2.36. The molecule has 4 rings (SSSR count). The quantitative estimate of drug-likeness (QED) is 0.212. The Balaban J connectivity index is 1.28. The average molecular weight is 546 g/mol. The fraction of sp³-hybridized carbons (Fsp3) is 0.233. The van der Waals surface area contributed by atoms with E-state index in [2.05, 4.69) is 0 Å². The molecule has 1 atom stereocenters. The summed E-state index contributed by atoms with van der Waals surface area (Å²) in [5.41, 5.74) is 1.47. The van der Waals surface area contributed by atoms with Crippen LogP contribution in [0, 0.1) is 5.92 Å². The number of benzene rings is 3. The Kier molecular flexibility index (Phi) is 8.90. The molecule has 1 aliphatic rings. The van der Waals surface area contributed by atoms with Gasteiger partial charge in [-0.2, -0.15) is 0 Å². The Morgan fingerprint density at radius 3 is 2.20 bits per heavy atom. The molecule has 1 fully saturated rings. The maximum atomic E-state index is 12.6. The molecule has 1 heterocycles. The number of methoxy groups -OCH3 is 1. The Hall–Kier alpha value is -4.99. The van der Waals surface area contributed by atoms with E-state index in [-0.39, 0.29) is 36.8 Å². The van der Waals surface area contributed by atoms with E-state index in [1.165, 1.54) is 36.3 Å². The number of hydrogen-bond acceptors (Lipinski definition) is 9. The molecule has 40 heavy (non-hydrogen) atoms. The van der Waals surface area contributed by atoms with Gasteiger partial charge in [-0.15, -0.1) is 0 Å². The molecule has 0 N–H and O–H groups in total. The molecule has 1 aliphatic heterocycles. The van der Waals surface area contributed by atoms with E-state index in [4.69, 9.17) is 18.9 Å². The summed E-state index contributed by atoms with van der Waals surface area (Å²) in [6.07, 6.45) is -0.0556. The first kappa shape index (κ1) is 28.0. The van der Waals surface area contributed by atoms with Crippen molar-refractivity contribution < 1.29 is 42.9 Å². The Labute approximate surface area is 230 Å². The minimum atomic E-state index is -0.733. The number of amides is 1. The molecule has 0 aromatic heterocycles. The van der Waals surface area contributed by atoms with E-state index in [0.717, 1.165) is 0 Å². The number of esters is 3. The molecule has 206 valence electrons. The SMILES string of the molecule is CCOC(=O)c1ccc(N2C[C@@H](C(=O)OCC(=O)c3ccc(OC(=O)c4cccc(OC)c4)cc3)CC2=O)cc1. The Morgan fingerprint density at radius 1 is 0.825 bits per heavy atom. The van der Waals surface area contributed by atoms with Crippen molar-refractivity contribution in [3.8, 4) is 11.5 Å². The van der Waals surface area contributed by atoms with E-state index in [1.54, 1.807) is 55.5 Å². The third kappa shape index (κ3) is 6.71. The molecule has 0 saturated carbocycles. The molecular weight excluding hydrogens is 518 g/mol. The smallest absolute Gasteiger partial charge is 0.343 e. The van der Waals surface area contributed by atoms with Crippen LogP contribution in [0.1, 0.15) is 44.4 Å². The second kappa shape index (κ2) is 12.7. The number of hydrogen-bond donors (Lipinski definition) is 0. The van der Waals surface area contributed by atoms with E-state index < -0.39 is 36.2 Å². The van der Waals surface area contributed by atoms with Crippen LogP contribution in [0.2, 0.25) is 0 Å². The predicted octanol–water partition coefficient (Wildman–Crippen LogP) is 3.87. The van der Waals surface area contributed by atoms with Gasteiger partial charge in [0.2, 0.25) is 5.91 Å². The summed E-state index contributed by atoms with van der Waals surface area (Å²) in [7, 11) is 1.49.